The number of benzene rings is 1. The van der Waals surface area contributed by atoms with Gasteiger partial charge in [0.15, 0.2) is 28.9 Å². The van der Waals surface area contributed by atoms with Crippen molar-refractivity contribution in [2.45, 2.75) is 58.3 Å². The molecule has 2 saturated heterocycles. The third-order valence-corrected chi connectivity index (χ3v) is 6.79. The van der Waals surface area contributed by atoms with E-state index in [0.29, 0.717) is 11.3 Å². The lowest BCUT2D eigenvalue weighted by Crippen LogP contribution is -2.66. The van der Waals surface area contributed by atoms with Gasteiger partial charge in [-0.3, -0.25) is 28.9 Å². The molecular weight excluding hydrogens is 554 g/mol. The summed E-state index contributed by atoms with van der Waals surface area (Å²) in [7, 11) is 1.54. The molecule has 12 nitrogen and oxygen atoms in total. The van der Waals surface area contributed by atoms with Crippen molar-refractivity contribution in [3.05, 3.63) is 34.7 Å². The van der Waals surface area contributed by atoms with Crippen LogP contribution in [0.5, 0.6) is 5.75 Å². The largest absolute Gasteiger partial charge is 0.497 e. The molecule has 3 rings (SSSR count). The van der Waals surface area contributed by atoms with Gasteiger partial charge in [0.25, 0.3) is 5.91 Å². The third kappa shape index (κ3) is 7.55. The predicted molar refractivity (Wildman–Crippen MR) is 140 cm³/mol. The smallest absolute Gasteiger partial charge is 0.303 e. The maximum absolute atomic E-state index is 13.6. The van der Waals surface area contributed by atoms with E-state index in [2.05, 4.69) is 0 Å². The molecule has 0 spiro atoms. The molecule has 0 bridgehead atoms. The molecule has 14 heteroatoms. The van der Waals surface area contributed by atoms with E-state index < -0.39 is 67.0 Å². The van der Waals surface area contributed by atoms with Gasteiger partial charge in [-0.2, -0.15) is 0 Å². The third-order valence-electron chi connectivity index (χ3n) is 5.46. The van der Waals surface area contributed by atoms with E-state index in [-0.39, 0.29) is 9.23 Å². The molecule has 1 aromatic rings. The fraction of sp³-hybridized carbons (Fsp3) is 0.440. The average Bonchev–Trinajstić information content (AvgIpc) is 3.12. The van der Waals surface area contributed by atoms with E-state index in [1.54, 1.807) is 30.3 Å². The van der Waals surface area contributed by atoms with Crippen LogP contribution in [0.1, 0.15) is 33.3 Å². The summed E-state index contributed by atoms with van der Waals surface area (Å²) in [6.45, 7) is 4.08. The van der Waals surface area contributed by atoms with Gasteiger partial charge in [0.05, 0.1) is 12.0 Å². The minimum Gasteiger partial charge on any atom is -0.497 e. The standard InChI is InChI=1S/C25H27NO11S2/c1-12(27)33-11-18-20(34-13(2)28)21(35-14(3)29)22(36-15(4)30)24(37-18)26-23(31)19(39-25(26)38)10-16-6-8-17(32-5)9-7-16/h6-10,18,20-22,24H,11H2,1-5H3/b19-10+/t18-,20-,21+,22+,24-/m1/s1. The van der Waals surface area contributed by atoms with Crippen LogP contribution in [0.25, 0.3) is 6.08 Å². The van der Waals surface area contributed by atoms with Crippen molar-refractivity contribution < 1.29 is 52.4 Å². The van der Waals surface area contributed by atoms with E-state index in [9.17, 15) is 24.0 Å². The molecule has 5 atom stereocenters. The monoisotopic (exact) mass is 581 g/mol. The summed E-state index contributed by atoms with van der Waals surface area (Å²) in [6.07, 6.45) is -5.24. The molecule has 2 fully saturated rings. The summed E-state index contributed by atoms with van der Waals surface area (Å²) in [4.78, 5) is 62.5. The first-order valence-electron chi connectivity index (χ1n) is 11.6. The van der Waals surface area contributed by atoms with Gasteiger partial charge < -0.3 is 28.4 Å². The first-order valence-corrected chi connectivity index (χ1v) is 12.8. The van der Waals surface area contributed by atoms with Crippen LogP contribution in [0.15, 0.2) is 29.2 Å². The minimum absolute atomic E-state index is 0.0701. The maximum atomic E-state index is 13.6. The van der Waals surface area contributed by atoms with Crippen LogP contribution in [0.4, 0.5) is 0 Å². The van der Waals surface area contributed by atoms with Crippen molar-refractivity contribution in [1.29, 1.82) is 0 Å². The van der Waals surface area contributed by atoms with Gasteiger partial charge in [0, 0.05) is 27.7 Å². The Morgan fingerprint density at radius 2 is 1.49 bits per heavy atom. The molecule has 1 aromatic carbocycles. The maximum Gasteiger partial charge on any atom is 0.303 e. The summed E-state index contributed by atoms with van der Waals surface area (Å²) in [5.41, 5.74) is 0.692. The van der Waals surface area contributed by atoms with Crippen LogP contribution in [-0.4, -0.2) is 83.4 Å². The van der Waals surface area contributed by atoms with Gasteiger partial charge in [-0.1, -0.05) is 36.1 Å². The highest BCUT2D eigenvalue weighted by molar-refractivity contribution is 8.26. The number of thioether (sulfide) groups is 1. The number of hydrogen-bond acceptors (Lipinski definition) is 13. The highest BCUT2D eigenvalue weighted by Crippen LogP contribution is 2.39. The molecular formula is C25H27NO11S2. The summed E-state index contributed by atoms with van der Waals surface area (Å²) in [6, 6.07) is 6.96. The van der Waals surface area contributed by atoms with Crippen molar-refractivity contribution in [1.82, 2.24) is 4.90 Å². The number of carbonyl (C=O) groups is 5. The first kappa shape index (κ1) is 30.1. The Labute approximate surface area is 233 Å². The Balaban J connectivity index is 2.03. The number of methoxy groups -OCH3 is 1. The van der Waals surface area contributed by atoms with Gasteiger partial charge in [0.2, 0.25) is 0 Å². The minimum atomic E-state index is -1.45. The highest BCUT2D eigenvalue weighted by Gasteiger charge is 2.56. The molecule has 0 unspecified atom stereocenters. The fourth-order valence-corrected chi connectivity index (χ4v) is 5.27. The zero-order chi connectivity index (χ0) is 28.9. The summed E-state index contributed by atoms with van der Waals surface area (Å²) >= 11 is 6.46. The number of amides is 1. The Hall–Kier alpha value is -3.49. The molecule has 210 valence electrons. The average molecular weight is 582 g/mol. The van der Waals surface area contributed by atoms with Gasteiger partial charge in [-0.25, -0.2) is 0 Å². The van der Waals surface area contributed by atoms with E-state index in [4.69, 9.17) is 40.6 Å². The second-order valence-electron chi connectivity index (χ2n) is 8.41. The Bertz CT molecular complexity index is 1180. The van der Waals surface area contributed by atoms with Gasteiger partial charge in [-0.15, -0.1) is 0 Å². The van der Waals surface area contributed by atoms with Gasteiger partial charge >= 0.3 is 23.9 Å². The van der Waals surface area contributed by atoms with Crippen LogP contribution in [-0.2, 0) is 47.7 Å². The Kier molecular flexibility index (Phi) is 10.1. The van der Waals surface area contributed by atoms with Gasteiger partial charge in [-0.05, 0) is 23.8 Å². The number of nitrogens with zero attached hydrogens (tertiary/aromatic N) is 1. The lowest BCUT2D eigenvalue weighted by Gasteiger charge is -2.46. The van der Waals surface area contributed by atoms with E-state index in [1.165, 1.54) is 14.0 Å². The van der Waals surface area contributed by atoms with Crippen LogP contribution in [0.3, 0.4) is 0 Å². The molecule has 0 N–H and O–H groups in total. The molecule has 0 saturated carbocycles. The molecule has 2 aliphatic rings. The fourth-order valence-electron chi connectivity index (χ4n) is 3.96. The Morgan fingerprint density at radius 1 is 0.923 bits per heavy atom. The zero-order valence-corrected chi connectivity index (χ0v) is 23.4. The van der Waals surface area contributed by atoms with Crippen LogP contribution >= 0.6 is 24.0 Å². The first-order chi connectivity index (χ1) is 18.4. The van der Waals surface area contributed by atoms with Crippen LogP contribution < -0.4 is 4.74 Å². The number of carbonyl (C=O) groups excluding carboxylic acids is 5. The number of ether oxygens (including phenoxy) is 6. The van der Waals surface area contributed by atoms with Crippen molar-refractivity contribution in [2.24, 2.45) is 0 Å². The predicted octanol–water partition coefficient (Wildman–Crippen LogP) is 1.98. The van der Waals surface area contributed by atoms with Crippen molar-refractivity contribution in [3.63, 3.8) is 0 Å². The normalized spacial score (nSPS) is 25.7. The second kappa shape index (κ2) is 13.0. The number of thiocarbonyl (C=S) groups is 1. The quantitative estimate of drug-likeness (QED) is 0.191. The SMILES string of the molecule is COc1ccc(/C=C2/SC(=S)N([C@@H]3O[C@H](COC(C)=O)[C@@H](OC(C)=O)[C@H](OC(C)=O)[C@@H]3OC(C)=O)C2=O)cc1. The van der Waals surface area contributed by atoms with E-state index >= 15 is 0 Å². The molecule has 2 heterocycles. The molecule has 0 aromatic heterocycles. The van der Waals surface area contributed by atoms with Crippen molar-refractivity contribution >= 4 is 64.2 Å². The summed E-state index contributed by atoms with van der Waals surface area (Å²) in [5, 5.41) is 0. The molecule has 2 aliphatic heterocycles. The lowest BCUT2D eigenvalue weighted by atomic mass is 9.96. The number of hydrogen-bond donors (Lipinski definition) is 0. The summed E-state index contributed by atoms with van der Waals surface area (Å²) in [5.74, 6) is -2.92. The number of rotatable bonds is 8. The van der Waals surface area contributed by atoms with Crippen LogP contribution in [0.2, 0.25) is 0 Å². The topological polar surface area (TPSA) is 144 Å². The zero-order valence-electron chi connectivity index (χ0n) is 21.7. The molecule has 39 heavy (non-hydrogen) atoms. The van der Waals surface area contributed by atoms with Crippen molar-refractivity contribution in [2.75, 3.05) is 13.7 Å². The lowest BCUT2D eigenvalue weighted by molar-refractivity contribution is -0.268. The summed E-state index contributed by atoms with van der Waals surface area (Å²) < 4.78 is 32.6. The second-order valence-corrected chi connectivity index (χ2v) is 10.1. The highest BCUT2D eigenvalue weighted by atomic mass is 32.2. The Morgan fingerprint density at radius 3 is 2.03 bits per heavy atom. The van der Waals surface area contributed by atoms with E-state index in [0.717, 1.165) is 37.4 Å². The van der Waals surface area contributed by atoms with E-state index in [1.807, 2.05) is 0 Å². The molecule has 0 radical (unpaired) electrons. The van der Waals surface area contributed by atoms with Crippen LogP contribution in [0, 0.1) is 0 Å². The molecule has 1 amide bonds. The van der Waals surface area contributed by atoms with Gasteiger partial charge in [0.1, 0.15) is 18.5 Å². The molecule has 0 aliphatic carbocycles. The van der Waals surface area contributed by atoms with Crippen molar-refractivity contribution in [3.8, 4) is 5.75 Å². The number of esters is 4.